The van der Waals surface area contributed by atoms with Gasteiger partial charge in [0.15, 0.2) is 0 Å². The molecule has 0 fully saturated rings. The van der Waals surface area contributed by atoms with Gasteiger partial charge in [0.2, 0.25) is 0 Å². The highest BCUT2D eigenvalue weighted by molar-refractivity contribution is 6.33. The Hall–Kier alpha value is -2.86. The van der Waals surface area contributed by atoms with Crippen LogP contribution < -0.4 is 22.3 Å². The summed E-state index contributed by atoms with van der Waals surface area (Å²) in [6.45, 7) is 1.86. The quantitative estimate of drug-likeness (QED) is 0.637. The Labute approximate surface area is 144 Å². The lowest BCUT2D eigenvalue weighted by Crippen LogP contribution is -2.20. The third-order valence-corrected chi connectivity index (χ3v) is 4.31. The largest absolute Gasteiger partial charge is 0.397 e. The van der Waals surface area contributed by atoms with Crippen LogP contribution in [-0.4, -0.2) is 9.36 Å². The standard InChI is InChI=1S/C17H18ClN5O/c1-10-16(21-15-8-12(18)13(19)9-14(15)20)17(24)23(22(10)2)11-6-4-3-5-7-11/h3-9,21H,19-20H2,1-2H3. The van der Waals surface area contributed by atoms with Crippen LogP contribution >= 0.6 is 11.6 Å². The highest BCUT2D eigenvalue weighted by Crippen LogP contribution is 2.31. The summed E-state index contributed by atoms with van der Waals surface area (Å²) in [6, 6.07) is 12.6. The zero-order valence-corrected chi connectivity index (χ0v) is 14.1. The monoisotopic (exact) mass is 343 g/mol. The number of hydrogen-bond donors (Lipinski definition) is 3. The maximum absolute atomic E-state index is 12.9. The van der Waals surface area contributed by atoms with E-state index in [1.807, 2.05) is 44.3 Å². The van der Waals surface area contributed by atoms with Crippen LogP contribution in [0.15, 0.2) is 47.3 Å². The normalized spacial score (nSPS) is 10.8. The van der Waals surface area contributed by atoms with E-state index in [1.165, 1.54) is 0 Å². The fourth-order valence-electron chi connectivity index (χ4n) is 2.56. The number of nitrogens with one attached hydrogen (secondary N) is 1. The Morgan fingerprint density at radius 1 is 1.08 bits per heavy atom. The molecular weight excluding hydrogens is 326 g/mol. The first-order chi connectivity index (χ1) is 11.4. The number of nitrogens with two attached hydrogens (primary N) is 2. The van der Waals surface area contributed by atoms with E-state index < -0.39 is 0 Å². The first kappa shape index (κ1) is 16.0. The number of aromatic nitrogens is 2. The molecule has 124 valence electrons. The summed E-state index contributed by atoms with van der Waals surface area (Å²) in [7, 11) is 1.83. The predicted octanol–water partition coefficient (Wildman–Crippen LogP) is 3.05. The Balaban J connectivity index is 2.11. The molecule has 6 nitrogen and oxygen atoms in total. The summed E-state index contributed by atoms with van der Waals surface area (Å²) in [5.74, 6) is 0. The molecule has 5 N–H and O–H groups in total. The van der Waals surface area contributed by atoms with E-state index in [0.717, 1.165) is 11.4 Å². The minimum atomic E-state index is -0.173. The van der Waals surface area contributed by atoms with Gasteiger partial charge in [-0.2, -0.15) is 0 Å². The molecule has 0 radical (unpaired) electrons. The van der Waals surface area contributed by atoms with Gasteiger partial charge in [0.25, 0.3) is 5.56 Å². The lowest BCUT2D eigenvalue weighted by molar-refractivity contribution is 0.630. The Kier molecular flexibility index (Phi) is 3.99. The summed E-state index contributed by atoms with van der Waals surface area (Å²) < 4.78 is 3.38. The summed E-state index contributed by atoms with van der Waals surface area (Å²) in [4.78, 5) is 12.9. The molecule has 2 aromatic carbocycles. The van der Waals surface area contributed by atoms with E-state index in [2.05, 4.69) is 5.32 Å². The first-order valence-electron chi connectivity index (χ1n) is 7.35. The number of benzene rings is 2. The smallest absolute Gasteiger partial charge is 0.295 e. The molecular formula is C17H18ClN5O. The van der Waals surface area contributed by atoms with Gasteiger partial charge in [-0.3, -0.25) is 9.48 Å². The van der Waals surface area contributed by atoms with Gasteiger partial charge in [-0.1, -0.05) is 29.8 Å². The van der Waals surface area contributed by atoms with Gasteiger partial charge in [0.1, 0.15) is 5.69 Å². The number of nitrogen functional groups attached to an aromatic ring is 2. The van der Waals surface area contributed by atoms with Gasteiger partial charge in [0.05, 0.1) is 33.5 Å². The molecule has 3 aromatic rings. The summed E-state index contributed by atoms with van der Waals surface area (Å²) in [6.07, 6.45) is 0. The SMILES string of the molecule is Cc1c(Nc2cc(Cl)c(N)cc2N)c(=O)n(-c2ccccc2)n1C. The predicted molar refractivity (Wildman–Crippen MR) is 99.3 cm³/mol. The maximum Gasteiger partial charge on any atom is 0.295 e. The van der Waals surface area contributed by atoms with Crippen LogP contribution in [0, 0.1) is 6.92 Å². The highest BCUT2D eigenvalue weighted by Gasteiger charge is 2.17. The molecule has 0 aliphatic carbocycles. The van der Waals surface area contributed by atoms with Crippen molar-refractivity contribution in [3.05, 3.63) is 63.5 Å². The van der Waals surface area contributed by atoms with Crippen molar-refractivity contribution >= 4 is 34.4 Å². The molecule has 0 amide bonds. The average molecular weight is 344 g/mol. The zero-order valence-electron chi connectivity index (χ0n) is 13.4. The van der Waals surface area contributed by atoms with E-state index in [9.17, 15) is 4.79 Å². The summed E-state index contributed by atoms with van der Waals surface area (Å²) in [5, 5.41) is 3.47. The van der Waals surface area contributed by atoms with Crippen molar-refractivity contribution in [3.8, 4) is 5.69 Å². The Bertz CT molecular complexity index is 959. The van der Waals surface area contributed by atoms with Crippen LogP contribution in [0.3, 0.4) is 0 Å². The van der Waals surface area contributed by atoms with Crippen LogP contribution in [0.4, 0.5) is 22.7 Å². The van der Waals surface area contributed by atoms with E-state index in [-0.39, 0.29) is 5.56 Å². The third kappa shape index (κ3) is 2.61. The second kappa shape index (κ2) is 5.98. The fourth-order valence-corrected chi connectivity index (χ4v) is 2.73. The average Bonchev–Trinajstić information content (AvgIpc) is 2.77. The molecule has 1 heterocycles. The molecule has 24 heavy (non-hydrogen) atoms. The van der Waals surface area contributed by atoms with Gasteiger partial charge in [-0.15, -0.1) is 0 Å². The van der Waals surface area contributed by atoms with Crippen molar-refractivity contribution in [3.63, 3.8) is 0 Å². The van der Waals surface area contributed by atoms with Gasteiger partial charge < -0.3 is 16.8 Å². The van der Waals surface area contributed by atoms with Gasteiger partial charge >= 0.3 is 0 Å². The number of rotatable bonds is 3. The summed E-state index contributed by atoms with van der Waals surface area (Å²) >= 11 is 6.05. The van der Waals surface area contributed by atoms with Crippen molar-refractivity contribution in [2.75, 3.05) is 16.8 Å². The van der Waals surface area contributed by atoms with E-state index in [4.69, 9.17) is 23.1 Å². The molecule has 0 aliphatic heterocycles. The first-order valence-corrected chi connectivity index (χ1v) is 7.73. The number of nitrogens with zero attached hydrogens (tertiary/aromatic N) is 2. The van der Waals surface area contributed by atoms with E-state index in [0.29, 0.717) is 27.8 Å². The molecule has 0 aliphatic rings. The van der Waals surface area contributed by atoms with Crippen LogP contribution in [0.25, 0.3) is 5.69 Å². The van der Waals surface area contributed by atoms with Crippen LogP contribution in [0.1, 0.15) is 5.69 Å². The molecule has 7 heteroatoms. The van der Waals surface area contributed by atoms with Gasteiger partial charge in [-0.25, -0.2) is 4.68 Å². The van der Waals surface area contributed by atoms with E-state index in [1.54, 1.807) is 21.5 Å². The number of hydrogen-bond acceptors (Lipinski definition) is 4. The molecule has 0 spiro atoms. The van der Waals surface area contributed by atoms with Crippen molar-refractivity contribution in [2.24, 2.45) is 7.05 Å². The number of para-hydroxylation sites is 1. The van der Waals surface area contributed by atoms with Crippen LogP contribution in [0.5, 0.6) is 0 Å². The molecule has 0 saturated heterocycles. The van der Waals surface area contributed by atoms with Crippen molar-refractivity contribution in [1.82, 2.24) is 9.36 Å². The van der Waals surface area contributed by atoms with Crippen LogP contribution in [-0.2, 0) is 7.05 Å². The highest BCUT2D eigenvalue weighted by atomic mass is 35.5. The number of anilines is 4. The second-order valence-corrected chi connectivity index (χ2v) is 5.93. The van der Waals surface area contributed by atoms with Gasteiger partial charge in [-0.05, 0) is 31.2 Å². The summed E-state index contributed by atoms with van der Waals surface area (Å²) in [5.41, 5.74) is 14.9. The molecule has 0 atom stereocenters. The molecule has 1 aromatic heterocycles. The minimum absolute atomic E-state index is 0.173. The fraction of sp³-hybridized carbons (Fsp3) is 0.118. The second-order valence-electron chi connectivity index (χ2n) is 5.52. The molecule has 0 saturated carbocycles. The van der Waals surface area contributed by atoms with Crippen molar-refractivity contribution in [1.29, 1.82) is 0 Å². The lowest BCUT2D eigenvalue weighted by atomic mass is 10.2. The Morgan fingerprint density at radius 2 is 1.75 bits per heavy atom. The topological polar surface area (TPSA) is 91.0 Å². The Morgan fingerprint density at radius 3 is 2.42 bits per heavy atom. The van der Waals surface area contributed by atoms with E-state index >= 15 is 0 Å². The van der Waals surface area contributed by atoms with Crippen molar-refractivity contribution in [2.45, 2.75) is 6.92 Å². The minimum Gasteiger partial charge on any atom is -0.397 e. The molecule has 0 unspecified atom stereocenters. The number of halogens is 1. The lowest BCUT2D eigenvalue weighted by Gasteiger charge is -2.10. The van der Waals surface area contributed by atoms with Crippen molar-refractivity contribution < 1.29 is 0 Å². The molecule has 0 bridgehead atoms. The van der Waals surface area contributed by atoms with Gasteiger partial charge in [0, 0.05) is 7.05 Å². The third-order valence-electron chi connectivity index (χ3n) is 3.98. The zero-order chi connectivity index (χ0) is 17.4. The molecule has 3 rings (SSSR count). The maximum atomic E-state index is 12.9. The van der Waals surface area contributed by atoms with Crippen LogP contribution in [0.2, 0.25) is 5.02 Å².